The first-order valence-electron chi connectivity index (χ1n) is 6.56. The average molecular weight is 234 g/mol. The fourth-order valence-electron chi connectivity index (χ4n) is 2.57. The number of hydrogen-bond donors (Lipinski definition) is 1. The molecule has 1 aliphatic heterocycles. The molecule has 0 bridgehead atoms. The monoisotopic (exact) mass is 234 g/mol. The minimum Gasteiger partial charge on any atom is -0.389 e. The topological polar surface area (TPSA) is 36.4 Å². The average Bonchev–Trinajstić information content (AvgIpc) is 2.52. The molecule has 0 amide bonds. The Hall–Kier alpha value is -0.930. The summed E-state index contributed by atoms with van der Waals surface area (Å²) in [6.45, 7) is 5.38. The molecule has 0 aromatic carbocycles. The molecule has 94 valence electrons. The highest BCUT2D eigenvalue weighted by atomic mass is 16.3. The lowest BCUT2D eigenvalue weighted by Crippen LogP contribution is -2.33. The molecule has 3 nitrogen and oxygen atoms in total. The Morgan fingerprint density at radius 3 is 2.94 bits per heavy atom. The number of nitrogens with zero attached hydrogens (tertiary/aromatic N) is 2. The zero-order chi connectivity index (χ0) is 12.1. The predicted octanol–water partition coefficient (Wildman–Crippen LogP) is 1.86. The summed E-state index contributed by atoms with van der Waals surface area (Å²) in [6.07, 6.45) is 5.31. The summed E-state index contributed by atoms with van der Waals surface area (Å²) in [5.41, 5.74) is 0.443. The van der Waals surface area contributed by atoms with Crippen molar-refractivity contribution >= 4 is 0 Å². The summed E-state index contributed by atoms with van der Waals surface area (Å²) < 4.78 is 0. The van der Waals surface area contributed by atoms with Crippen LogP contribution in [0.5, 0.6) is 0 Å². The molecule has 1 aliphatic rings. The zero-order valence-corrected chi connectivity index (χ0v) is 10.6. The minimum atomic E-state index is -0.557. The van der Waals surface area contributed by atoms with E-state index in [0.29, 0.717) is 6.42 Å². The molecule has 17 heavy (non-hydrogen) atoms. The predicted molar refractivity (Wildman–Crippen MR) is 68.9 cm³/mol. The van der Waals surface area contributed by atoms with Crippen molar-refractivity contribution in [1.29, 1.82) is 0 Å². The zero-order valence-electron chi connectivity index (χ0n) is 10.6. The second kappa shape index (κ2) is 5.61. The van der Waals surface area contributed by atoms with Crippen LogP contribution in [0.3, 0.4) is 0 Å². The molecule has 0 saturated carbocycles. The maximum Gasteiger partial charge on any atom is 0.0715 e. The number of aliphatic hydroxyl groups is 1. The van der Waals surface area contributed by atoms with E-state index < -0.39 is 5.60 Å². The van der Waals surface area contributed by atoms with Gasteiger partial charge in [-0.3, -0.25) is 4.98 Å². The first-order chi connectivity index (χ1) is 8.22. The maximum atomic E-state index is 10.7. The van der Waals surface area contributed by atoms with Gasteiger partial charge in [-0.05, 0) is 44.5 Å². The van der Waals surface area contributed by atoms with Gasteiger partial charge < -0.3 is 10.0 Å². The Morgan fingerprint density at radius 1 is 1.35 bits per heavy atom. The Kier molecular flexibility index (Phi) is 4.13. The summed E-state index contributed by atoms with van der Waals surface area (Å²) in [7, 11) is 0. The summed E-state index contributed by atoms with van der Waals surface area (Å²) >= 11 is 0. The van der Waals surface area contributed by atoms with Crippen LogP contribution >= 0.6 is 0 Å². The van der Waals surface area contributed by atoms with Crippen LogP contribution in [0.2, 0.25) is 0 Å². The van der Waals surface area contributed by atoms with Gasteiger partial charge in [-0.2, -0.15) is 0 Å². The molecule has 2 heterocycles. The molecule has 0 spiro atoms. The van der Waals surface area contributed by atoms with Crippen LogP contribution in [0, 0.1) is 0 Å². The van der Waals surface area contributed by atoms with Crippen LogP contribution in [0.25, 0.3) is 0 Å². The lowest BCUT2D eigenvalue weighted by atomic mass is 9.89. The quantitative estimate of drug-likeness (QED) is 0.867. The molecular formula is C14H22N2O. The summed E-state index contributed by atoms with van der Waals surface area (Å²) in [6, 6.07) is 5.90. The van der Waals surface area contributed by atoms with Gasteiger partial charge in [0.2, 0.25) is 0 Å². The van der Waals surface area contributed by atoms with E-state index in [1.807, 2.05) is 18.2 Å². The fraction of sp³-hybridized carbons (Fsp3) is 0.643. The van der Waals surface area contributed by atoms with Crippen LogP contribution in [0.1, 0.15) is 31.9 Å². The number of pyridine rings is 1. The van der Waals surface area contributed by atoms with Crippen LogP contribution in [-0.4, -0.2) is 40.2 Å². The second-order valence-electron chi connectivity index (χ2n) is 5.01. The molecule has 0 radical (unpaired) electrons. The highest BCUT2D eigenvalue weighted by Crippen LogP contribution is 2.25. The molecule has 0 aliphatic carbocycles. The van der Waals surface area contributed by atoms with Crippen LogP contribution in [0.4, 0.5) is 0 Å². The van der Waals surface area contributed by atoms with Crippen molar-refractivity contribution in [2.24, 2.45) is 0 Å². The number of hydrogen-bond acceptors (Lipinski definition) is 3. The van der Waals surface area contributed by atoms with Gasteiger partial charge in [0.1, 0.15) is 0 Å². The molecule has 1 fully saturated rings. The molecule has 1 saturated heterocycles. The van der Waals surface area contributed by atoms with Crippen LogP contribution in [-0.2, 0) is 6.42 Å². The van der Waals surface area contributed by atoms with Crippen molar-refractivity contribution in [3.05, 3.63) is 30.1 Å². The van der Waals surface area contributed by atoms with Crippen LogP contribution < -0.4 is 0 Å². The maximum absolute atomic E-state index is 10.7. The van der Waals surface area contributed by atoms with Crippen molar-refractivity contribution in [3.63, 3.8) is 0 Å². The summed E-state index contributed by atoms with van der Waals surface area (Å²) in [4.78, 5) is 6.73. The molecule has 2 rings (SSSR count). The van der Waals surface area contributed by atoms with Crippen molar-refractivity contribution < 1.29 is 5.11 Å². The molecule has 1 aromatic heterocycles. The molecule has 1 aromatic rings. The summed E-state index contributed by atoms with van der Waals surface area (Å²) in [5.74, 6) is 0. The lowest BCUT2D eigenvalue weighted by molar-refractivity contribution is 0.0249. The van der Waals surface area contributed by atoms with E-state index >= 15 is 0 Å². The van der Waals surface area contributed by atoms with Crippen molar-refractivity contribution in [2.45, 2.75) is 38.2 Å². The first kappa shape index (κ1) is 12.5. The van der Waals surface area contributed by atoms with E-state index in [4.69, 9.17) is 0 Å². The SMILES string of the molecule is CCN1CCCC(O)(Cc2ccccn2)CC1. The highest BCUT2D eigenvalue weighted by Gasteiger charge is 2.30. The van der Waals surface area contributed by atoms with Gasteiger partial charge in [0.15, 0.2) is 0 Å². The number of rotatable bonds is 3. The Bertz CT molecular complexity index is 341. The van der Waals surface area contributed by atoms with Gasteiger partial charge in [-0.25, -0.2) is 0 Å². The van der Waals surface area contributed by atoms with Gasteiger partial charge in [0.05, 0.1) is 5.60 Å². The largest absolute Gasteiger partial charge is 0.389 e. The van der Waals surface area contributed by atoms with Gasteiger partial charge in [0.25, 0.3) is 0 Å². The van der Waals surface area contributed by atoms with E-state index in [1.165, 1.54) is 0 Å². The third kappa shape index (κ3) is 3.51. The van der Waals surface area contributed by atoms with Crippen molar-refractivity contribution in [2.75, 3.05) is 19.6 Å². The van der Waals surface area contributed by atoms with Crippen molar-refractivity contribution in [3.8, 4) is 0 Å². The first-order valence-corrected chi connectivity index (χ1v) is 6.56. The van der Waals surface area contributed by atoms with Crippen molar-refractivity contribution in [1.82, 2.24) is 9.88 Å². The number of likely N-dealkylation sites (tertiary alicyclic amines) is 1. The third-order valence-corrected chi connectivity index (χ3v) is 3.69. The standard InChI is InChI=1S/C14H22N2O/c1-2-16-10-5-7-14(17,8-11-16)12-13-6-3-4-9-15-13/h3-4,6,9,17H,2,5,7-8,10-12H2,1H3. The minimum absolute atomic E-state index is 0.557. The lowest BCUT2D eigenvalue weighted by Gasteiger charge is -2.26. The Morgan fingerprint density at radius 2 is 2.24 bits per heavy atom. The van der Waals surface area contributed by atoms with Gasteiger partial charge in [-0.15, -0.1) is 0 Å². The normalized spacial score (nSPS) is 26.7. The fourth-order valence-corrected chi connectivity index (χ4v) is 2.57. The smallest absolute Gasteiger partial charge is 0.0715 e. The van der Waals surface area contributed by atoms with E-state index in [1.54, 1.807) is 6.20 Å². The van der Waals surface area contributed by atoms with E-state index in [9.17, 15) is 5.11 Å². The van der Waals surface area contributed by atoms with Gasteiger partial charge in [-0.1, -0.05) is 13.0 Å². The van der Waals surface area contributed by atoms with Gasteiger partial charge >= 0.3 is 0 Å². The van der Waals surface area contributed by atoms with Crippen LogP contribution in [0.15, 0.2) is 24.4 Å². The van der Waals surface area contributed by atoms with Gasteiger partial charge in [0, 0.05) is 24.9 Å². The molecule has 3 heteroatoms. The molecule has 1 unspecified atom stereocenters. The number of aromatic nitrogens is 1. The second-order valence-corrected chi connectivity index (χ2v) is 5.01. The van der Waals surface area contributed by atoms with E-state index in [0.717, 1.165) is 44.6 Å². The Balaban J connectivity index is 1.99. The Labute approximate surface area is 103 Å². The molecule has 1 N–H and O–H groups in total. The third-order valence-electron chi connectivity index (χ3n) is 3.69. The molecule has 1 atom stereocenters. The molecular weight excluding hydrogens is 212 g/mol. The summed E-state index contributed by atoms with van der Waals surface area (Å²) in [5, 5.41) is 10.7. The highest BCUT2D eigenvalue weighted by molar-refractivity contribution is 5.07. The van der Waals surface area contributed by atoms with E-state index in [2.05, 4.69) is 16.8 Å². The van der Waals surface area contributed by atoms with E-state index in [-0.39, 0.29) is 0 Å².